The number of aliphatic hydroxyl groups excluding tert-OH is 1. The van der Waals surface area contributed by atoms with Crippen LogP contribution in [-0.2, 0) is 19.2 Å². The highest BCUT2D eigenvalue weighted by Gasteiger charge is 2.38. The summed E-state index contributed by atoms with van der Waals surface area (Å²) in [4.78, 5) is 54.4. The Labute approximate surface area is 186 Å². The molecule has 0 aliphatic carbocycles. The molecule has 10 N–H and O–H groups in total. The number of aliphatic hydroxyl groups is 1. The molecule has 0 spiro atoms. The molecular weight excluding hydrogens is 422 g/mol. The number of carboxylic acids is 1. The first-order valence-corrected chi connectivity index (χ1v) is 10.5. The number of likely N-dealkylation sites (tertiary alicyclic amines) is 1. The quantitative estimate of drug-likeness (QED) is 0.0902. The number of hydrogen-bond acceptors (Lipinski definition) is 7. The largest absolute Gasteiger partial charge is 0.480 e. The Kier molecular flexibility index (Phi) is 10.9. The molecule has 0 bridgehead atoms. The van der Waals surface area contributed by atoms with Gasteiger partial charge in [0.25, 0.3) is 0 Å². The third-order valence-corrected chi connectivity index (χ3v) is 5.22. The first-order valence-electron chi connectivity index (χ1n) is 10.5. The van der Waals surface area contributed by atoms with Gasteiger partial charge in [0, 0.05) is 13.1 Å². The number of nitrogens with one attached hydrogen (secondary N) is 2. The fraction of sp³-hybridized carbons (Fsp3) is 0.737. The number of carbonyl (C=O) groups is 4. The number of aliphatic imine (C=N–C) groups is 1. The van der Waals surface area contributed by atoms with Crippen LogP contribution in [0.5, 0.6) is 0 Å². The van der Waals surface area contributed by atoms with Crippen LogP contribution in [0, 0.1) is 5.92 Å². The number of hydrogen-bond donors (Lipinski definition) is 7. The first-order chi connectivity index (χ1) is 15.0. The zero-order valence-electron chi connectivity index (χ0n) is 18.5. The topological polar surface area (TPSA) is 226 Å². The summed E-state index contributed by atoms with van der Waals surface area (Å²) in [6, 6.07) is -4.26. The van der Waals surface area contributed by atoms with Crippen LogP contribution < -0.4 is 27.8 Å². The maximum absolute atomic E-state index is 13.0. The van der Waals surface area contributed by atoms with Crippen molar-refractivity contribution in [1.29, 1.82) is 0 Å². The molecule has 182 valence electrons. The molecular formula is C19H35N7O6. The molecule has 0 aromatic carbocycles. The molecule has 4 atom stereocenters. The van der Waals surface area contributed by atoms with Gasteiger partial charge in [-0.2, -0.15) is 0 Å². The monoisotopic (exact) mass is 457 g/mol. The third kappa shape index (κ3) is 7.96. The highest BCUT2D eigenvalue weighted by atomic mass is 16.4. The highest BCUT2D eigenvalue weighted by Crippen LogP contribution is 2.19. The average Bonchev–Trinajstić information content (AvgIpc) is 3.22. The molecule has 1 heterocycles. The van der Waals surface area contributed by atoms with E-state index >= 15 is 0 Å². The number of aliphatic carboxylic acids is 1. The van der Waals surface area contributed by atoms with Crippen molar-refractivity contribution in [3.05, 3.63) is 0 Å². The number of rotatable bonds is 12. The van der Waals surface area contributed by atoms with E-state index < -0.39 is 54.5 Å². The van der Waals surface area contributed by atoms with Crippen LogP contribution in [0.4, 0.5) is 0 Å². The molecule has 3 amide bonds. The summed E-state index contributed by atoms with van der Waals surface area (Å²) in [5.41, 5.74) is 16.3. The second kappa shape index (κ2) is 12.8. The summed E-state index contributed by atoms with van der Waals surface area (Å²) < 4.78 is 0. The molecule has 1 aliphatic rings. The van der Waals surface area contributed by atoms with Gasteiger partial charge in [0.15, 0.2) is 5.96 Å². The summed E-state index contributed by atoms with van der Waals surface area (Å²) in [6.45, 7) is 3.21. The molecule has 13 heteroatoms. The molecule has 0 saturated carbocycles. The Morgan fingerprint density at radius 2 is 1.75 bits per heavy atom. The second-order valence-corrected chi connectivity index (χ2v) is 8.05. The van der Waals surface area contributed by atoms with Crippen LogP contribution >= 0.6 is 0 Å². The molecule has 0 aromatic heterocycles. The Bertz CT molecular complexity index is 710. The third-order valence-electron chi connectivity index (χ3n) is 5.22. The zero-order chi connectivity index (χ0) is 24.4. The van der Waals surface area contributed by atoms with E-state index in [9.17, 15) is 29.4 Å². The Morgan fingerprint density at radius 1 is 1.12 bits per heavy atom. The minimum atomic E-state index is -1.32. The van der Waals surface area contributed by atoms with Crippen LogP contribution in [0.3, 0.4) is 0 Å². The van der Waals surface area contributed by atoms with Crippen LogP contribution in [0.15, 0.2) is 4.99 Å². The maximum Gasteiger partial charge on any atom is 0.326 e. The minimum Gasteiger partial charge on any atom is -0.480 e. The van der Waals surface area contributed by atoms with Crippen molar-refractivity contribution in [2.45, 2.75) is 63.7 Å². The lowest BCUT2D eigenvalue weighted by molar-refractivity contribution is -0.149. The number of carbonyl (C=O) groups excluding carboxylic acids is 3. The van der Waals surface area contributed by atoms with E-state index in [1.165, 1.54) is 4.90 Å². The molecule has 1 rings (SSSR count). The number of nitrogens with two attached hydrogens (primary N) is 3. The number of guanidine groups is 1. The van der Waals surface area contributed by atoms with Gasteiger partial charge in [-0.25, -0.2) is 4.79 Å². The Balaban J connectivity index is 2.93. The molecule has 0 radical (unpaired) electrons. The van der Waals surface area contributed by atoms with Crippen molar-refractivity contribution in [1.82, 2.24) is 15.5 Å². The Morgan fingerprint density at radius 3 is 2.28 bits per heavy atom. The summed E-state index contributed by atoms with van der Waals surface area (Å²) in [5.74, 6) is -3.39. The zero-order valence-corrected chi connectivity index (χ0v) is 18.5. The van der Waals surface area contributed by atoms with Crippen molar-refractivity contribution < 1.29 is 29.4 Å². The van der Waals surface area contributed by atoms with Crippen LogP contribution in [0.1, 0.15) is 39.5 Å². The average molecular weight is 458 g/mol. The van der Waals surface area contributed by atoms with Crippen molar-refractivity contribution in [2.24, 2.45) is 28.1 Å². The lowest BCUT2D eigenvalue weighted by Crippen LogP contribution is -2.58. The lowest BCUT2D eigenvalue weighted by Gasteiger charge is -2.28. The van der Waals surface area contributed by atoms with Crippen molar-refractivity contribution in [3.63, 3.8) is 0 Å². The van der Waals surface area contributed by atoms with Gasteiger partial charge in [-0.05, 0) is 31.6 Å². The van der Waals surface area contributed by atoms with E-state index in [4.69, 9.17) is 17.2 Å². The van der Waals surface area contributed by atoms with Crippen molar-refractivity contribution >= 4 is 29.7 Å². The fourth-order valence-electron chi connectivity index (χ4n) is 3.29. The molecule has 1 saturated heterocycles. The van der Waals surface area contributed by atoms with Gasteiger partial charge in [-0.1, -0.05) is 13.8 Å². The van der Waals surface area contributed by atoms with Gasteiger partial charge in [0.05, 0.1) is 12.6 Å². The fourth-order valence-corrected chi connectivity index (χ4v) is 3.29. The van der Waals surface area contributed by atoms with E-state index in [1.807, 2.05) is 0 Å². The first kappa shape index (κ1) is 27.1. The van der Waals surface area contributed by atoms with Gasteiger partial charge in [-0.3, -0.25) is 19.4 Å². The van der Waals surface area contributed by atoms with Crippen molar-refractivity contribution in [2.75, 3.05) is 19.7 Å². The van der Waals surface area contributed by atoms with E-state index in [1.54, 1.807) is 13.8 Å². The van der Waals surface area contributed by atoms with Gasteiger partial charge in [-0.15, -0.1) is 0 Å². The SMILES string of the molecule is CC(C)C(N)C(=O)NC(CO)C(=O)NC(CCCN=C(N)N)C(=O)N1CCCC1C(=O)O. The number of nitrogens with zero attached hydrogens (tertiary/aromatic N) is 2. The van der Waals surface area contributed by atoms with Gasteiger partial charge >= 0.3 is 5.97 Å². The Hall–Kier alpha value is -2.93. The minimum absolute atomic E-state index is 0.119. The normalized spacial score (nSPS) is 18.5. The molecule has 13 nitrogen and oxygen atoms in total. The maximum atomic E-state index is 13.0. The summed E-state index contributed by atoms with van der Waals surface area (Å²) in [7, 11) is 0. The van der Waals surface area contributed by atoms with Gasteiger partial charge < -0.3 is 42.9 Å². The van der Waals surface area contributed by atoms with E-state index in [0.717, 1.165) is 0 Å². The van der Waals surface area contributed by atoms with Gasteiger partial charge in [0.2, 0.25) is 17.7 Å². The number of amides is 3. The standard InChI is InChI=1S/C19H35N7O6/c1-10(2)14(20)16(29)25-12(9-27)15(28)24-11(5-3-7-23-19(21)22)17(30)26-8-4-6-13(26)18(31)32/h10-14,27H,3-9,20H2,1-2H3,(H,24,28)(H,25,29)(H,31,32)(H4,21,22,23). The molecule has 32 heavy (non-hydrogen) atoms. The molecule has 0 aromatic rings. The molecule has 1 aliphatic heterocycles. The smallest absolute Gasteiger partial charge is 0.326 e. The second-order valence-electron chi connectivity index (χ2n) is 8.05. The summed E-state index contributed by atoms with van der Waals surface area (Å²) in [6.07, 6.45) is 1.30. The number of carboxylic acid groups (broad SMARTS) is 1. The molecule has 4 unspecified atom stereocenters. The van der Waals surface area contributed by atoms with Gasteiger partial charge in [0.1, 0.15) is 18.1 Å². The molecule has 1 fully saturated rings. The van der Waals surface area contributed by atoms with Crippen LogP contribution in [0.25, 0.3) is 0 Å². The summed E-state index contributed by atoms with van der Waals surface area (Å²) >= 11 is 0. The van der Waals surface area contributed by atoms with E-state index in [-0.39, 0.29) is 31.4 Å². The van der Waals surface area contributed by atoms with Crippen LogP contribution in [-0.4, -0.2) is 88.6 Å². The van der Waals surface area contributed by atoms with E-state index in [2.05, 4.69) is 15.6 Å². The lowest BCUT2D eigenvalue weighted by atomic mass is 10.0. The van der Waals surface area contributed by atoms with Crippen LogP contribution in [0.2, 0.25) is 0 Å². The van der Waals surface area contributed by atoms with Crippen molar-refractivity contribution in [3.8, 4) is 0 Å². The highest BCUT2D eigenvalue weighted by molar-refractivity contribution is 5.94. The van der Waals surface area contributed by atoms with E-state index in [0.29, 0.717) is 19.3 Å². The predicted molar refractivity (Wildman–Crippen MR) is 116 cm³/mol. The predicted octanol–water partition coefficient (Wildman–Crippen LogP) is -2.94. The summed E-state index contributed by atoms with van der Waals surface area (Å²) in [5, 5.41) is 23.8.